The topological polar surface area (TPSA) is 93.1 Å². The van der Waals surface area contributed by atoms with Crippen LogP contribution in [0.4, 0.5) is 0 Å². The van der Waals surface area contributed by atoms with E-state index < -0.39 is 6.10 Å². The largest absolute Gasteiger partial charge is 0.462 e. The Hall–Kier alpha value is -2.18. The maximum absolute atomic E-state index is 12.1. The van der Waals surface area contributed by atoms with Gasteiger partial charge in [0, 0.05) is 12.8 Å². The molecule has 6 nitrogen and oxygen atoms in total. The van der Waals surface area contributed by atoms with Crippen LogP contribution in [-0.4, -0.2) is 47.6 Å². The molecule has 0 saturated heterocycles. The van der Waals surface area contributed by atoms with Crippen LogP contribution in [0.5, 0.6) is 0 Å². The quantitative estimate of drug-likeness (QED) is 0.0315. The van der Waals surface area contributed by atoms with Crippen LogP contribution in [0.2, 0.25) is 0 Å². The molecular weight excluding hydrogens is 588 g/mol. The predicted molar refractivity (Wildman–Crippen MR) is 197 cm³/mol. The predicted octanol–water partition coefficient (Wildman–Crippen LogP) is 10.7. The Balaban J connectivity index is 3.72. The van der Waals surface area contributed by atoms with Gasteiger partial charge in [0.2, 0.25) is 0 Å². The number of hydrogen-bond donors (Lipinski definition) is 2. The Kier molecular flexibility index (Phi) is 33.5. The highest BCUT2D eigenvalue weighted by Crippen LogP contribution is 2.15. The number of esters is 2. The fourth-order valence-electron chi connectivity index (χ4n) is 5.19. The lowest BCUT2D eigenvalue weighted by Gasteiger charge is -2.15. The number of hydrogen-bond acceptors (Lipinski definition) is 6. The molecule has 272 valence electrons. The van der Waals surface area contributed by atoms with Gasteiger partial charge >= 0.3 is 11.9 Å². The van der Waals surface area contributed by atoms with Crippen LogP contribution in [0, 0.1) is 5.92 Å². The number of carbonyl (C=O) groups is 2. The third-order valence-electron chi connectivity index (χ3n) is 8.16. The van der Waals surface area contributed by atoms with Gasteiger partial charge < -0.3 is 19.7 Å². The van der Waals surface area contributed by atoms with Gasteiger partial charge in [-0.3, -0.25) is 9.59 Å². The van der Waals surface area contributed by atoms with Crippen molar-refractivity contribution in [2.45, 2.75) is 181 Å². The number of aliphatic hydroxyl groups excluding tert-OH is 2. The number of rotatable bonds is 33. The van der Waals surface area contributed by atoms with Crippen LogP contribution in [-0.2, 0) is 19.1 Å². The van der Waals surface area contributed by atoms with Crippen molar-refractivity contribution in [2.24, 2.45) is 5.92 Å². The number of unbranched alkanes of at least 4 members (excludes halogenated alkanes) is 14. The number of carbonyl (C=O) groups excluding carboxylic acids is 2. The normalized spacial score (nSPS) is 13.5. The van der Waals surface area contributed by atoms with Crippen LogP contribution in [0.25, 0.3) is 0 Å². The van der Waals surface area contributed by atoms with Crippen LogP contribution in [0.1, 0.15) is 168 Å². The van der Waals surface area contributed by atoms with E-state index in [1.807, 2.05) is 18.2 Å². The molecule has 0 saturated carbocycles. The maximum Gasteiger partial charge on any atom is 0.306 e. The van der Waals surface area contributed by atoms with E-state index >= 15 is 0 Å². The Morgan fingerprint density at radius 1 is 0.638 bits per heavy atom. The Morgan fingerprint density at radius 3 is 1.81 bits per heavy atom. The highest BCUT2D eigenvalue weighted by Gasteiger charge is 2.16. The summed E-state index contributed by atoms with van der Waals surface area (Å²) in [4.78, 5) is 24.2. The fraction of sp³-hybridized carbons (Fsp3) is 0.756. The molecule has 0 spiro atoms. The lowest BCUT2D eigenvalue weighted by Crippen LogP contribution is -2.28. The third-order valence-corrected chi connectivity index (χ3v) is 8.16. The molecule has 0 aliphatic rings. The van der Waals surface area contributed by atoms with Crippen molar-refractivity contribution < 1.29 is 29.3 Å². The van der Waals surface area contributed by atoms with Gasteiger partial charge in [-0.2, -0.15) is 0 Å². The molecule has 0 rings (SSSR count). The summed E-state index contributed by atoms with van der Waals surface area (Å²) < 4.78 is 10.5. The van der Waals surface area contributed by atoms with E-state index in [-0.39, 0.29) is 37.7 Å². The van der Waals surface area contributed by atoms with Gasteiger partial charge in [-0.25, -0.2) is 0 Å². The van der Waals surface area contributed by atoms with E-state index in [0.717, 1.165) is 63.7 Å². The van der Waals surface area contributed by atoms with Gasteiger partial charge in [-0.1, -0.05) is 166 Å². The number of ether oxygens (including phenoxy) is 2. The minimum absolute atomic E-state index is 0.0997. The van der Waals surface area contributed by atoms with Crippen molar-refractivity contribution in [3.8, 4) is 0 Å². The number of allylic oxidation sites excluding steroid dienone is 7. The molecule has 0 unspecified atom stereocenters. The van der Waals surface area contributed by atoms with Crippen molar-refractivity contribution >= 4 is 11.9 Å². The molecule has 47 heavy (non-hydrogen) atoms. The van der Waals surface area contributed by atoms with Crippen LogP contribution in [0.3, 0.4) is 0 Å². The van der Waals surface area contributed by atoms with E-state index in [1.54, 1.807) is 0 Å². The zero-order valence-corrected chi connectivity index (χ0v) is 30.6. The van der Waals surface area contributed by atoms with E-state index in [9.17, 15) is 19.8 Å². The molecule has 6 heteroatoms. The molecular formula is C41H72O6. The van der Waals surface area contributed by atoms with Crippen molar-refractivity contribution in [2.75, 3.05) is 13.2 Å². The lowest BCUT2D eigenvalue weighted by molar-refractivity contribution is -0.161. The summed E-state index contributed by atoms with van der Waals surface area (Å²) in [7, 11) is 0. The first kappa shape index (κ1) is 44.8. The minimum Gasteiger partial charge on any atom is -0.462 e. The SMILES string of the molecule is CCCCC[C@H](O)/C=C/C=C\C/C=C\C/C=C\CCCC(=O)O[C@@H](CO)COC(=O)CCCCCCCCCCCCCCC(C)C. The van der Waals surface area contributed by atoms with Crippen molar-refractivity contribution in [1.82, 2.24) is 0 Å². The maximum atomic E-state index is 12.1. The molecule has 2 atom stereocenters. The first-order valence-electron chi connectivity index (χ1n) is 19.2. The minimum atomic E-state index is -0.812. The monoisotopic (exact) mass is 661 g/mol. The average Bonchev–Trinajstić information content (AvgIpc) is 3.05. The summed E-state index contributed by atoms with van der Waals surface area (Å²) in [5, 5.41) is 19.4. The first-order valence-corrected chi connectivity index (χ1v) is 19.2. The smallest absolute Gasteiger partial charge is 0.306 e. The average molecular weight is 661 g/mol. The van der Waals surface area contributed by atoms with E-state index in [4.69, 9.17) is 9.47 Å². The second kappa shape index (κ2) is 35.1. The summed E-state index contributed by atoms with van der Waals surface area (Å²) in [6.45, 7) is 6.30. The molecule has 0 bridgehead atoms. The van der Waals surface area contributed by atoms with Gasteiger partial charge in [0.05, 0.1) is 12.7 Å². The molecule has 2 N–H and O–H groups in total. The van der Waals surface area contributed by atoms with Gasteiger partial charge in [-0.05, 0) is 44.4 Å². The molecule has 0 aromatic carbocycles. The number of aliphatic hydroxyl groups is 2. The van der Waals surface area contributed by atoms with Crippen molar-refractivity contribution in [3.05, 3.63) is 48.6 Å². The summed E-state index contributed by atoms with van der Waals surface area (Å²) >= 11 is 0. The molecule has 0 amide bonds. The molecule has 0 aliphatic heterocycles. The highest BCUT2D eigenvalue weighted by molar-refractivity contribution is 5.70. The zero-order chi connectivity index (χ0) is 34.6. The Labute approximate surface area is 289 Å². The summed E-state index contributed by atoms with van der Waals surface area (Å²) in [5.74, 6) is 0.150. The van der Waals surface area contributed by atoms with E-state index in [0.29, 0.717) is 12.8 Å². The molecule has 0 radical (unpaired) electrons. The van der Waals surface area contributed by atoms with Crippen LogP contribution < -0.4 is 0 Å². The Bertz CT molecular complexity index is 828. The van der Waals surface area contributed by atoms with Crippen molar-refractivity contribution in [1.29, 1.82) is 0 Å². The zero-order valence-electron chi connectivity index (χ0n) is 30.6. The summed E-state index contributed by atoms with van der Waals surface area (Å²) in [6.07, 6.45) is 39.3. The van der Waals surface area contributed by atoms with Gasteiger partial charge in [0.1, 0.15) is 6.61 Å². The second-order valence-corrected chi connectivity index (χ2v) is 13.3. The van der Waals surface area contributed by atoms with Crippen LogP contribution >= 0.6 is 0 Å². The lowest BCUT2D eigenvalue weighted by atomic mass is 10.0. The summed E-state index contributed by atoms with van der Waals surface area (Å²) in [6, 6.07) is 0. The summed E-state index contributed by atoms with van der Waals surface area (Å²) in [5.41, 5.74) is 0. The molecule has 0 aromatic rings. The molecule has 0 aromatic heterocycles. The molecule has 0 fully saturated rings. The second-order valence-electron chi connectivity index (χ2n) is 13.3. The standard InChI is InChI=1S/C41H72O6/c1-4-5-25-31-38(43)32-27-22-18-14-10-8-12-16-20-24-29-34-41(45)47-39(35-42)36-46-40(44)33-28-23-19-15-11-7-6-9-13-17-21-26-30-37(2)3/h8,10,16,18,20,22,27,32,37-39,42-43H,4-7,9,11-15,17,19,21,23-26,28-31,33-36H2,1-3H3/b10-8-,20-16-,22-18-,32-27+/t38-,39-/m0/s1. The molecule has 0 aliphatic carbocycles. The van der Waals surface area contributed by atoms with E-state index in [2.05, 4.69) is 51.2 Å². The third kappa shape index (κ3) is 35.0. The molecule has 0 heterocycles. The Morgan fingerprint density at radius 2 is 1.19 bits per heavy atom. The van der Waals surface area contributed by atoms with Gasteiger partial charge in [-0.15, -0.1) is 0 Å². The van der Waals surface area contributed by atoms with Crippen molar-refractivity contribution in [3.63, 3.8) is 0 Å². The van der Waals surface area contributed by atoms with Crippen LogP contribution in [0.15, 0.2) is 48.6 Å². The van der Waals surface area contributed by atoms with Gasteiger partial charge in [0.25, 0.3) is 0 Å². The van der Waals surface area contributed by atoms with E-state index in [1.165, 1.54) is 70.6 Å². The fourth-order valence-corrected chi connectivity index (χ4v) is 5.19. The highest BCUT2D eigenvalue weighted by atomic mass is 16.6. The van der Waals surface area contributed by atoms with Gasteiger partial charge in [0.15, 0.2) is 6.10 Å². The first-order chi connectivity index (χ1) is 22.9.